The molecule has 0 bridgehead atoms. The van der Waals surface area contributed by atoms with Crippen LogP contribution in [0.2, 0.25) is 5.02 Å². The Morgan fingerprint density at radius 2 is 2.16 bits per heavy atom. The number of fused-ring (bicyclic) bond motifs is 1. The maximum Gasteiger partial charge on any atom is 0.325 e. The molecule has 0 saturated heterocycles. The summed E-state index contributed by atoms with van der Waals surface area (Å²) in [5, 5.41) is 13.7. The van der Waals surface area contributed by atoms with Crippen molar-refractivity contribution in [2.75, 3.05) is 0 Å². The number of nitrogens with one attached hydrogen (secondary N) is 1. The minimum atomic E-state index is -3.91. The molecule has 32 heavy (non-hydrogen) atoms. The van der Waals surface area contributed by atoms with Crippen molar-refractivity contribution in [3.05, 3.63) is 63.5 Å². The van der Waals surface area contributed by atoms with Crippen molar-refractivity contribution in [1.29, 1.82) is 0 Å². The molecule has 0 amide bonds. The fraction of sp³-hybridized carbons (Fsp3) is 0.250. The first-order valence-electron chi connectivity index (χ1n) is 9.60. The average Bonchev–Trinajstić information content (AvgIpc) is 3.12. The highest BCUT2D eigenvalue weighted by molar-refractivity contribution is 9.10. The van der Waals surface area contributed by atoms with Crippen LogP contribution in [0, 0.1) is 0 Å². The third-order valence-electron chi connectivity index (χ3n) is 4.95. The molecular formula is C20H18BrClN4O5S. The Bertz CT molecular complexity index is 1280. The zero-order valence-electron chi connectivity index (χ0n) is 16.5. The first-order valence-corrected chi connectivity index (χ1v) is 12.3. The van der Waals surface area contributed by atoms with Gasteiger partial charge in [-0.25, -0.2) is 18.1 Å². The van der Waals surface area contributed by atoms with Crippen LogP contribution in [0.1, 0.15) is 30.1 Å². The van der Waals surface area contributed by atoms with E-state index in [-0.39, 0.29) is 17.3 Å². The van der Waals surface area contributed by atoms with Crippen LogP contribution in [0.15, 0.2) is 52.1 Å². The molecule has 0 spiro atoms. The molecule has 9 nitrogen and oxygen atoms in total. The summed E-state index contributed by atoms with van der Waals surface area (Å²) in [6, 6.07) is 7.66. The van der Waals surface area contributed by atoms with E-state index in [1.807, 2.05) is 0 Å². The van der Waals surface area contributed by atoms with E-state index in [2.05, 4.69) is 30.7 Å². The van der Waals surface area contributed by atoms with E-state index in [0.717, 1.165) is 5.69 Å². The topological polar surface area (TPSA) is 123 Å². The van der Waals surface area contributed by atoms with Gasteiger partial charge in [-0.3, -0.25) is 9.48 Å². The lowest BCUT2D eigenvalue weighted by molar-refractivity contribution is -0.137. The van der Waals surface area contributed by atoms with Gasteiger partial charge in [0, 0.05) is 16.3 Å². The summed E-state index contributed by atoms with van der Waals surface area (Å²) in [4.78, 5) is 15.1. The standard InChI is InChI=1S/C20H18BrClN4O5S/c21-16-8-14(9-23-20(16)31-13-4-1-3-12(22)7-13)32(29,30)25-17-5-2-6-18-15(17)10-24-26(18)11-19(27)28/h1,3-4,7-10,17,25H,2,5-6,11H2,(H,27,28). The molecule has 12 heteroatoms. The summed E-state index contributed by atoms with van der Waals surface area (Å²) in [5.41, 5.74) is 1.42. The molecule has 2 aromatic heterocycles. The van der Waals surface area contributed by atoms with Gasteiger partial charge in [-0.1, -0.05) is 17.7 Å². The third-order valence-corrected chi connectivity index (χ3v) is 7.19. The van der Waals surface area contributed by atoms with Crippen molar-refractivity contribution in [3.8, 4) is 11.6 Å². The lowest BCUT2D eigenvalue weighted by Gasteiger charge is -2.24. The largest absolute Gasteiger partial charge is 0.480 e. The number of carbonyl (C=O) groups is 1. The van der Waals surface area contributed by atoms with Gasteiger partial charge < -0.3 is 9.84 Å². The maximum absolute atomic E-state index is 13.0. The molecule has 3 aromatic rings. The Hall–Kier alpha value is -2.47. The minimum absolute atomic E-state index is 0.0344. The number of carboxylic acids is 1. The zero-order chi connectivity index (χ0) is 22.9. The van der Waals surface area contributed by atoms with Gasteiger partial charge in [-0.15, -0.1) is 0 Å². The highest BCUT2D eigenvalue weighted by Gasteiger charge is 2.29. The van der Waals surface area contributed by atoms with E-state index in [9.17, 15) is 13.2 Å². The first kappa shape index (κ1) is 22.7. The van der Waals surface area contributed by atoms with E-state index < -0.39 is 22.0 Å². The number of nitrogens with zero attached hydrogens (tertiary/aromatic N) is 3. The van der Waals surface area contributed by atoms with Crippen molar-refractivity contribution in [2.45, 2.75) is 36.7 Å². The maximum atomic E-state index is 13.0. The molecule has 1 aliphatic carbocycles. The van der Waals surface area contributed by atoms with Crippen LogP contribution in [0.5, 0.6) is 11.6 Å². The number of ether oxygens (including phenoxy) is 1. The molecule has 168 valence electrons. The summed E-state index contributed by atoms with van der Waals surface area (Å²) < 4.78 is 36.1. The quantitative estimate of drug-likeness (QED) is 0.464. The van der Waals surface area contributed by atoms with Gasteiger partial charge in [-0.2, -0.15) is 5.10 Å². The van der Waals surface area contributed by atoms with Crippen LogP contribution in [0.4, 0.5) is 0 Å². The number of hydrogen-bond donors (Lipinski definition) is 2. The molecule has 0 radical (unpaired) electrons. The van der Waals surface area contributed by atoms with Crippen LogP contribution in [-0.2, 0) is 27.8 Å². The predicted molar refractivity (Wildman–Crippen MR) is 119 cm³/mol. The van der Waals surface area contributed by atoms with Gasteiger partial charge in [0.1, 0.15) is 17.2 Å². The Kier molecular flexibility index (Phi) is 6.52. The number of rotatable bonds is 7. The number of aromatic nitrogens is 3. The molecule has 1 unspecified atom stereocenters. The SMILES string of the molecule is O=C(O)Cn1ncc2c1CCCC2NS(=O)(=O)c1cnc(Oc2cccc(Cl)c2)c(Br)c1. The molecule has 2 heterocycles. The second-order valence-corrected chi connectivity index (χ2v) is 10.2. The number of pyridine rings is 1. The monoisotopic (exact) mass is 540 g/mol. The first-order chi connectivity index (χ1) is 15.2. The van der Waals surface area contributed by atoms with Gasteiger partial charge >= 0.3 is 5.97 Å². The zero-order valence-corrected chi connectivity index (χ0v) is 19.7. The predicted octanol–water partition coefficient (Wildman–Crippen LogP) is 3.93. The van der Waals surface area contributed by atoms with Crippen LogP contribution >= 0.6 is 27.5 Å². The van der Waals surface area contributed by atoms with Gasteiger partial charge in [-0.05, 0) is 59.5 Å². The van der Waals surface area contributed by atoms with E-state index in [4.69, 9.17) is 21.4 Å². The van der Waals surface area contributed by atoms with E-state index in [1.165, 1.54) is 23.1 Å². The van der Waals surface area contributed by atoms with Crippen molar-refractivity contribution in [2.24, 2.45) is 0 Å². The van der Waals surface area contributed by atoms with Gasteiger partial charge in [0.25, 0.3) is 0 Å². The summed E-state index contributed by atoms with van der Waals surface area (Å²) in [6.07, 6.45) is 4.67. The second-order valence-electron chi connectivity index (χ2n) is 7.18. The molecule has 0 saturated carbocycles. The van der Waals surface area contributed by atoms with Gasteiger partial charge in [0.2, 0.25) is 15.9 Å². The Labute approximate surface area is 197 Å². The molecular weight excluding hydrogens is 524 g/mol. The second kappa shape index (κ2) is 9.18. The Morgan fingerprint density at radius 3 is 2.88 bits per heavy atom. The molecule has 2 N–H and O–H groups in total. The molecule has 1 aromatic carbocycles. The van der Waals surface area contributed by atoms with Crippen molar-refractivity contribution >= 4 is 43.5 Å². The van der Waals surface area contributed by atoms with Crippen molar-refractivity contribution < 1.29 is 23.1 Å². The number of halogens is 2. The summed E-state index contributed by atoms with van der Waals surface area (Å²) in [5.74, 6) is -0.344. The fourth-order valence-electron chi connectivity index (χ4n) is 3.53. The smallest absolute Gasteiger partial charge is 0.325 e. The molecule has 4 rings (SSSR count). The number of hydrogen-bond acceptors (Lipinski definition) is 6. The van der Waals surface area contributed by atoms with Crippen molar-refractivity contribution in [1.82, 2.24) is 19.5 Å². The number of benzene rings is 1. The molecule has 0 fully saturated rings. The normalized spacial score (nSPS) is 15.9. The van der Waals surface area contributed by atoms with E-state index >= 15 is 0 Å². The Morgan fingerprint density at radius 1 is 1.34 bits per heavy atom. The lowest BCUT2D eigenvalue weighted by Crippen LogP contribution is -2.31. The highest BCUT2D eigenvalue weighted by atomic mass is 79.9. The van der Waals surface area contributed by atoms with Crippen molar-refractivity contribution in [3.63, 3.8) is 0 Å². The lowest BCUT2D eigenvalue weighted by atomic mass is 9.94. The molecule has 0 aliphatic heterocycles. The molecule has 1 aliphatic rings. The van der Waals surface area contributed by atoms with Gasteiger partial charge in [0.05, 0.1) is 22.9 Å². The summed E-state index contributed by atoms with van der Waals surface area (Å²) in [6.45, 7) is -0.264. The third kappa shape index (κ3) is 4.96. The summed E-state index contributed by atoms with van der Waals surface area (Å²) in [7, 11) is -3.91. The van der Waals surface area contributed by atoms with E-state index in [1.54, 1.807) is 24.3 Å². The average molecular weight is 542 g/mol. The molecule has 1 atom stereocenters. The fourth-order valence-corrected chi connectivity index (χ4v) is 5.51. The van der Waals surface area contributed by atoms with Crippen LogP contribution in [-0.4, -0.2) is 34.3 Å². The Balaban J connectivity index is 1.54. The van der Waals surface area contributed by atoms with Gasteiger partial charge in [0.15, 0.2) is 0 Å². The van der Waals surface area contributed by atoms with Crippen LogP contribution in [0.3, 0.4) is 0 Å². The number of sulfonamides is 1. The van der Waals surface area contributed by atoms with Crippen LogP contribution in [0.25, 0.3) is 0 Å². The highest BCUT2D eigenvalue weighted by Crippen LogP contribution is 2.33. The number of carboxylic acid groups (broad SMARTS) is 1. The summed E-state index contributed by atoms with van der Waals surface area (Å²) >= 11 is 9.27. The van der Waals surface area contributed by atoms with E-state index in [0.29, 0.717) is 40.1 Å². The minimum Gasteiger partial charge on any atom is -0.480 e. The number of aliphatic carboxylic acids is 1. The van der Waals surface area contributed by atoms with Crippen LogP contribution < -0.4 is 9.46 Å².